The molecule has 0 amide bonds. The minimum absolute atomic E-state index is 0.0729. The lowest BCUT2D eigenvalue weighted by atomic mass is 9.80. The molecule has 1 fully saturated rings. The van der Waals surface area contributed by atoms with E-state index < -0.39 is 13.9 Å². The van der Waals surface area contributed by atoms with Crippen LogP contribution in [0.1, 0.15) is 66.2 Å². The van der Waals surface area contributed by atoms with Crippen molar-refractivity contribution < 1.29 is 18.9 Å². The van der Waals surface area contributed by atoms with Gasteiger partial charge in [-0.1, -0.05) is 45.3 Å². The van der Waals surface area contributed by atoms with E-state index in [4.69, 9.17) is 14.1 Å². The molecule has 1 aliphatic rings. The summed E-state index contributed by atoms with van der Waals surface area (Å²) in [5.41, 5.74) is -0.406. The van der Waals surface area contributed by atoms with Gasteiger partial charge in [-0.2, -0.15) is 0 Å². The first kappa shape index (κ1) is 20.6. The minimum atomic E-state index is -2.05. The summed E-state index contributed by atoms with van der Waals surface area (Å²) in [7, 11) is -0.606. The Bertz CT molecular complexity index is 387. The van der Waals surface area contributed by atoms with Crippen LogP contribution < -0.4 is 0 Å². The number of methoxy groups -OCH3 is 1. The number of carbonyl (C=O) groups is 1. The number of carbonyl (C=O) groups excluding carboxylic acids is 1. The SMILES string of the molecule is CCON(O[Si](C)(C)C(C)(C)C)C1(CC(=O)OC)CCCCC1. The van der Waals surface area contributed by atoms with Gasteiger partial charge < -0.3 is 9.26 Å². The number of hydrogen-bond acceptors (Lipinski definition) is 5. The van der Waals surface area contributed by atoms with Crippen LogP contribution in [0.2, 0.25) is 18.1 Å². The summed E-state index contributed by atoms with van der Waals surface area (Å²) < 4.78 is 11.4. The Morgan fingerprint density at radius 3 is 2.17 bits per heavy atom. The molecule has 23 heavy (non-hydrogen) atoms. The summed E-state index contributed by atoms with van der Waals surface area (Å²) in [4.78, 5) is 17.9. The molecule has 0 aliphatic heterocycles. The second kappa shape index (κ2) is 8.10. The molecule has 0 saturated heterocycles. The molecule has 0 aromatic heterocycles. The average Bonchev–Trinajstić information content (AvgIpc) is 2.46. The standard InChI is InChI=1S/C17H35NO4Si/c1-8-21-18(22-23(6,7)16(2,3)4)17(14-15(19)20-5)12-10-9-11-13-17/h8-14H2,1-7H3. The van der Waals surface area contributed by atoms with Crippen LogP contribution in [0.3, 0.4) is 0 Å². The van der Waals surface area contributed by atoms with Crippen LogP contribution in [-0.4, -0.2) is 38.8 Å². The van der Waals surface area contributed by atoms with Crippen molar-refractivity contribution in [2.45, 2.75) is 89.9 Å². The Morgan fingerprint density at radius 2 is 1.74 bits per heavy atom. The Hall–Kier alpha value is -0.433. The molecular formula is C17H35NO4Si. The maximum atomic E-state index is 12.0. The Morgan fingerprint density at radius 1 is 1.17 bits per heavy atom. The normalized spacial score (nSPS) is 19.0. The summed E-state index contributed by atoms with van der Waals surface area (Å²) >= 11 is 0. The zero-order valence-corrected chi connectivity index (χ0v) is 17.0. The third-order valence-electron chi connectivity index (χ3n) is 5.24. The number of hydroxylamine groups is 2. The van der Waals surface area contributed by atoms with E-state index >= 15 is 0 Å². The summed E-state index contributed by atoms with van der Waals surface area (Å²) in [6.07, 6.45) is 5.48. The molecule has 0 aromatic rings. The van der Waals surface area contributed by atoms with E-state index in [0.717, 1.165) is 25.7 Å². The molecule has 0 heterocycles. The van der Waals surface area contributed by atoms with Gasteiger partial charge in [-0.25, -0.2) is 0 Å². The average molecular weight is 346 g/mol. The third kappa shape index (κ3) is 5.27. The topological polar surface area (TPSA) is 48.0 Å². The number of nitrogens with zero attached hydrogens (tertiary/aromatic N) is 1. The van der Waals surface area contributed by atoms with Gasteiger partial charge >= 0.3 is 5.97 Å². The second-order valence-electron chi connectivity index (χ2n) is 8.06. The van der Waals surface area contributed by atoms with Gasteiger partial charge in [-0.3, -0.25) is 9.63 Å². The van der Waals surface area contributed by atoms with E-state index in [1.807, 2.05) is 6.92 Å². The van der Waals surface area contributed by atoms with Crippen molar-refractivity contribution in [2.75, 3.05) is 13.7 Å². The van der Waals surface area contributed by atoms with Crippen LogP contribution in [0.4, 0.5) is 0 Å². The van der Waals surface area contributed by atoms with Crippen LogP contribution in [0.15, 0.2) is 0 Å². The third-order valence-corrected chi connectivity index (χ3v) is 9.47. The maximum Gasteiger partial charge on any atom is 0.307 e. The van der Waals surface area contributed by atoms with Gasteiger partial charge in [0.2, 0.25) is 8.32 Å². The van der Waals surface area contributed by atoms with Crippen LogP contribution in [0.5, 0.6) is 0 Å². The molecule has 0 unspecified atom stereocenters. The van der Waals surface area contributed by atoms with Crippen molar-refractivity contribution >= 4 is 14.3 Å². The van der Waals surface area contributed by atoms with Crippen molar-refractivity contribution in [2.24, 2.45) is 0 Å². The lowest BCUT2D eigenvalue weighted by Gasteiger charge is -2.48. The molecule has 0 spiro atoms. The van der Waals surface area contributed by atoms with E-state index in [-0.39, 0.29) is 11.0 Å². The van der Waals surface area contributed by atoms with Gasteiger partial charge in [0.25, 0.3) is 0 Å². The molecule has 0 aromatic carbocycles. The number of ether oxygens (including phenoxy) is 1. The molecule has 0 atom stereocenters. The number of hydrogen-bond donors (Lipinski definition) is 0. The second-order valence-corrected chi connectivity index (χ2v) is 12.8. The van der Waals surface area contributed by atoms with E-state index in [9.17, 15) is 4.79 Å². The van der Waals surface area contributed by atoms with Crippen molar-refractivity contribution in [3.8, 4) is 0 Å². The van der Waals surface area contributed by atoms with Crippen molar-refractivity contribution in [3.63, 3.8) is 0 Å². The summed E-state index contributed by atoms with van der Waals surface area (Å²) in [5, 5.41) is 1.77. The van der Waals surface area contributed by atoms with Crippen LogP contribution >= 0.6 is 0 Å². The highest BCUT2D eigenvalue weighted by Crippen LogP contribution is 2.42. The zero-order chi connectivity index (χ0) is 17.7. The molecule has 6 heteroatoms. The first-order valence-electron chi connectivity index (χ1n) is 8.77. The molecule has 1 rings (SSSR count). The summed E-state index contributed by atoms with van der Waals surface area (Å²) in [5.74, 6) is -0.199. The first-order chi connectivity index (χ1) is 10.6. The molecule has 136 valence electrons. The number of rotatable bonds is 7. The van der Waals surface area contributed by atoms with E-state index in [1.165, 1.54) is 13.5 Å². The van der Waals surface area contributed by atoms with Gasteiger partial charge in [0, 0.05) is 0 Å². The fourth-order valence-corrected chi connectivity index (χ4v) is 3.63. The molecule has 0 N–H and O–H groups in total. The fourth-order valence-electron chi connectivity index (χ4n) is 2.70. The Balaban J connectivity index is 3.07. The smallest absolute Gasteiger partial charge is 0.307 e. The molecule has 5 nitrogen and oxygen atoms in total. The van der Waals surface area contributed by atoms with E-state index in [0.29, 0.717) is 13.0 Å². The van der Waals surface area contributed by atoms with Gasteiger partial charge in [0.05, 0.1) is 25.7 Å². The van der Waals surface area contributed by atoms with Gasteiger partial charge in [-0.15, -0.1) is 0 Å². The van der Waals surface area contributed by atoms with Crippen molar-refractivity contribution in [1.29, 1.82) is 0 Å². The van der Waals surface area contributed by atoms with Crippen molar-refractivity contribution in [1.82, 2.24) is 5.23 Å². The molecule has 1 aliphatic carbocycles. The molecule has 1 saturated carbocycles. The van der Waals surface area contributed by atoms with Crippen LogP contribution in [0.25, 0.3) is 0 Å². The van der Waals surface area contributed by atoms with Crippen LogP contribution in [-0.2, 0) is 18.9 Å². The Kier molecular flexibility index (Phi) is 7.26. The molecular weight excluding hydrogens is 310 g/mol. The highest BCUT2D eigenvalue weighted by Gasteiger charge is 2.48. The summed E-state index contributed by atoms with van der Waals surface area (Å²) in [6, 6.07) is 0. The number of esters is 1. The predicted octanol–water partition coefficient (Wildman–Crippen LogP) is 4.44. The van der Waals surface area contributed by atoms with Gasteiger partial charge in [-0.05, 0) is 37.9 Å². The van der Waals surface area contributed by atoms with Crippen LogP contribution in [0, 0.1) is 0 Å². The largest absolute Gasteiger partial charge is 0.469 e. The molecule has 0 bridgehead atoms. The van der Waals surface area contributed by atoms with Crippen molar-refractivity contribution in [3.05, 3.63) is 0 Å². The molecule has 0 radical (unpaired) electrons. The first-order valence-corrected chi connectivity index (χ1v) is 11.7. The lowest BCUT2D eigenvalue weighted by Crippen LogP contribution is -2.57. The minimum Gasteiger partial charge on any atom is -0.469 e. The maximum absolute atomic E-state index is 12.0. The Labute approximate surface area is 142 Å². The van der Waals surface area contributed by atoms with Gasteiger partial charge in [0.1, 0.15) is 0 Å². The quantitative estimate of drug-likeness (QED) is 0.388. The van der Waals surface area contributed by atoms with E-state index in [2.05, 4.69) is 33.9 Å². The highest BCUT2D eigenvalue weighted by atomic mass is 28.4. The highest BCUT2D eigenvalue weighted by molar-refractivity contribution is 6.74. The van der Waals surface area contributed by atoms with E-state index in [1.54, 1.807) is 5.23 Å². The lowest BCUT2D eigenvalue weighted by molar-refractivity contribution is -0.380. The predicted molar refractivity (Wildman–Crippen MR) is 94.2 cm³/mol. The fraction of sp³-hybridized carbons (Fsp3) is 0.941. The monoisotopic (exact) mass is 345 g/mol. The zero-order valence-electron chi connectivity index (χ0n) is 16.0. The van der Waals surface area contributed by atoms with Gasteiger partial charge in [0.15, 0.2) is 0 Å². The summed E-state index contributed by atoms with van der Waals surface area (Å²) in [6.45, 7) is 13.5.